The number of nitrogens with zero attached hydrogens (tertiary/aromatic N) is 1. The summed E-state index contributed by atoms with van der Waals surface area (Å²) in [5, 5.41) is 3.41. The van der Waals surface area contributed by atoms with Crippen LogP contribution in [0.3, 0.4) is 0 Å². The van der Waals surface area contributed by atoms with Gasteiger partial charge in [0.15, 0.2) is 0 Å². The zero-order chi connectivity index (χ0) is 10.7. The number of halogens is 1. The van der Waals surface area contributed by atoms with Crippen LogP contribution in [0.5, 0.6) is 0 Å². The monoisotopic (exact) mass is 208 g/mol. The fourth-order valence-electron chi connectivity index (χ4n) is 2.04. The van der Waals surface area contributed by atoms with Crippen LogP contribution in [0.15, 0.2) is 24.3 Å². The van der Waals surface area contributed by atoms with E-state index in [0.29, 0.717) is 5.92 Å². The van der Waals surface area contributed by atoms with Crippen molar-refractivity contribution in [1.29, 1.82) is 0 Å². The summed E-state index contributed by atoms with van der Waals surface area (Å²) in [4.78, 5) is 2.31. The lowest BCUT2D eigenvalue weighted by atomic mass is 9.99. The van der Waals surface area contributed by atoms with E-state index in [1.54, 1.807) is 12.1 Å². The van der Waals surface area contributed by atoms with Crippen molar-refractivity contribution in [3.63, 3.8) is 0 Å². The standard InChI is InChI=1S/C12H17FN2/c1-15-7-6-14-8-11(9-15)10-2-4-12(13)5-3-10/h2-5,11,14H,6-9H2,1H3. The minimum Gasteiger partial charge on any atom is -0.315 e. The van der Waals surface area contributed by atoms with E-state index in [4.69, 9.17) is 0 Å². The van der Waals surface area contributed by atoms with Crippen LogP contribution < -0.4 is 5.32 Å². The molecule has 1 aliphatic heterocycles. The van der Waals surface area contributed by atoms with Crippen molar-refractivity contribution >= 4 is 0 Å². The Morgan fingerprint density at radius 1 is 1.33 bits per heavy atom. The molecule has 0 bridgehead atoms. The van der Waals surface area contributed by atoms with Gasteiger partial charge in [0.05, 0.1) is 0 Å². The number of benzene rings is 1. The van der Waals surface area contributed by atoms with E-state index in [-0.39, 0.29) is 5.82 Å². The molecule has 1 aromatic rings. The third-order valence-corrected chi connectivity index (χ3v) is 2.93. The van der Waals surface area contributed by atoms with E-state index in [0.717, 1.165) is 26.2 Å². The molecule has 0 amide bonds. The van der Waals surface area contributed by atoms with E-state index in [1.807, 2.05) is 12.1 Å². The lowest BCUT2D eigenvalue weighted by Gasteiger charge is -2.19. The predicted octanol–water partition coefficient (Wildman–Crippen LogP) is 1.44. The van der Waals surface area contributed by atoms with Crippen LogP contribution in [0.4, 0.5) is 4.39 Å². The lowest BCUT2D eigenvalue weighted by molar-refractivity contribution is 0.342. The first-order valence-electron chi connectivity index (χ1n) is 5.40. The molecule has 0 spiro atoms. The van der Waals surface area contributed by atoms with E-state index in [2.05, 4.69) is 17.3 Å². The number of likely N-dealkylation sites (N-methyl/N-ethyl adjacent to an activating group) is 1. The summed E-state index contributed by atoms with van der Waals surface area (Å²) >= 11 is 0. The van der Waals surface area contributed by atoms with Crippen LogP contribution in [0.2, 0.25) is 0 Å². The molecular formula is C12H17FN2. The van der Waals surface area contributed by atoms with Crippen molar-refractivity contribution in [3.05, 3.63) is 35.6 Å². The molecule has 0 radical (unpaired) electrons. The maximum absolute atomic E-state index is 12.8. The summed E-state index contributed by atoms with van der Waals surface area (Å²) in [6, 6.07) is 6.86. The molecular weight excluding hydrogens is 191 g/mol. The van der Waals surface area contributed by atoms with E-state index < -0.39 is 0 Å². The van der Waals surface area contributed by atoms with Crippen molar-refractivity contribution in [3.8, 4) is 0 Å². The zero-order valence-corrected chi connectivity index (χ0v) is 9.04. The molecule has 3 heteroatoms. The lowest BCUT2D eigenvalue weighted by Crippen LogP contribution is -2.24. The number of rotatable bonds is 1. The minimum absolute atomic E-state index is 0.159. The van der Waals surface area contributed by atoms with Gasteiger partial charge in [-0.25, -0.2) is 4.39 Å². The van der Waals surface area contributed by atoms with E-state index in [9.17, 15) is 4.39 Å². The second-order valence-corrected chi connectivity index (χ2v) is 4.21. The number of nitrogens with one attached hydrogen (secondary N) is 1. The molecule has 0 aromatic heterocycles. The Labute approximate surface area is 90.1 Å². The molecule has 1 saturated heterocycles. The van der Waals surface area contributed by atoms with Crippen LogP contribution in [-0.2, 0) is 0 Å². The van der Waals surface area contributed by atoms with Crippen LogP contribution in [0, 0.1) is 5.82 Å². The average molecular weight is 208 g/mol. The van der Waals surface area contributed by atoms with Crippen LogP contribution in [0.25, 0.3) is 0 Å². The molecule has 1 N–H and O–H groups in total. The topological polar surface area (TPSA) is 15.3 Å². The van der Waals surface area contributed by atoms with Gasteiger partial charge in [-0.15, -0.1) is 0 Å². The molecule has 0 saturated carbocycles. The van der Waals surface area contributed by atoms with Crippen LogP contribution in [0.1, 0.15) is 11.5 Å². The third-order valence-electron chi connectivity index (χ3n) is 2.93. The fourth-order valence-corrected chi connectivity index (χ4v) is 2.04. The van der Waals surface area contributed by atoms with Crippen molar-refractivity contribution in [2.75, 3.05) is 33.2 Å². The Hall–Kier alpha value is -0.930. The van der Waals surface area contributed by atoms with Crippen molar-refractivity contribution in [2.45, 2.75) is 5.92 Å². The Bertz CT molecular complexity index is 310. The quantitative estimate of drug-likeness (QED) is 0.751. The molecule has 1 atom stereocenters. The Kier molecular flexibility index (Phi) is 3.34. The van der Waals surface area contributed by atoms with Crippen molar-refractivity contribution in [1.82, 2.24) is 10.2 Å². The molecule has 82 valence electrons. The third kappa shape index (κ3) is 2.76. The van der Waals surface area contributed by atoms with Gasteiger partial charge in [-0.05, 0) is 24.7 Å². The molecule has 15 heavy (non-hydrogen) atoms. The smallest absolute Gasteiger partial charge is 0.123 e. The van der Waals surface area contributed by atoms with Gasteiger partial charge in [0.1, 0.15) is 5.82 Å². The fraction of sp³-hybridized carbons (Fsp3) is 0.500. The summed E-state index contributed by atoms with van der Waals surface area (Å²) in [6.07, 6.45) is 0. The Morgan fingerprint density at radius 2 is 2.07 bits per heavy atom. The van der Waals surface area contributed by atoms with Gasteiger partial charge in [-0.2, -0.15) is 0 Å². The van der Waals surface area contributed by atoms with E-state index in [1.165, 1.54) is 5.56 Å². The SMILES string of the molecule is CN1CCNCC(c2ccc(F)cc2)C1. The van der Waals surface area contributed by atoms with Gasteiger partial charge in [0.25, 0.3) is 0 Å². The van der Waals surface area contributed by atoms with Gasteiger partial charge in [0.2, 0.25) is 0 Å². The summed E-state index contributed by atoms with van der Waals surface area (Å²) in [6.45, 7) is 4.14. The van der Waals surface area contributed by atoms with Gasteiger partial charge in [-0.3, -0.25) is 0 Å². The van der Waals surface area contributed by atoms with E-state index >= 15 is 0 Å². The van der Waals surface area contributed by atoms with Crippen LogP contribution >= 0.6 is 0 Å². The minimum atomic E-state index is -0.159. The second kappa shape index (κ2) is 4.73. The maximum Gasteiger partial charge on any atom is 0.123 e. The maximum atomic E-state index is 12.8. The number of hydrogen-bond acceptors (Lipinski definition) is 2. The summed E-state index contributed by atoms with van der Waals surface area (Å²) in [7, 11) is 2.13. The highest BCUT2D eigenvalue weighted by atomic mass is 19.1. The highest BCUT2D eigenvalue weighted by molar-refractivity contribution is 5.21. The summed E-state index contributed by atoms with van der Waals surface area (Å²) in [5.41, 5.74) is 1.22. The molecule has 1 fully saturated rings. The largest absolute Gasteiger partial charge is 0.315 e. The van der Waals surface area contributed by atoms with Crippen molar-refractivity contribution < 1.29 is 4.39 Å². The molecule has 2 rings (SSSR count). The average Bonchev–Trinajstić information content (AvgIpc) is 2.44. The van der Waals surface area contributed by atoms with Crippen LogP contribution in [-0.4, -0.2) is 38.1 Å². The molecule has 1 heterocycles. The zero-order valence-electron chi connectivity index (χ0n) is 9.04. The first kappa shape index (κ1) is 10.6. The molecule has 1 unspecified atom stereocenters. The molecule has 0 aliphatic carbocycles. The molecule has 1 aliphatic rings. The first-order chi connectivity index (χ1) is 7.25. The normalized spacial score (nSPS) is 23.7. The molecule has 2 nitrogen and oxygen atoms in total. The number of hydrogen-bond donors (Lipinski definition) is 1. The second-order valence-electron chi connectivity index (χ2n) is 4.21. The summed E-state index contributed by atoms with van der Waals surface area (Å²) < 4.78 is 12.8. The highest BCUT2D eigenvalue weighted by Crippen LogP contribution is 2.17. The highest BCUT2D eigenvalue weighted by Gasteiger charge is 2.16. The first-order valence-corrected chi connectivity index (χ1v) is 5.40. The van der Waals surface area contributed by atoms with Gasteiger partial charge in [0, 0.05) is 32.1 Å². The van der Waals surface area contributed by atoms with Gasteiger partial charge < -0.3 is 10.2 Å². The van der Waals surface area contributed by atoms with Gasteiger partial charge >= 0.3 is 0 Å². The Balaban J connectivity index is 2.11. The molecule has 1 aromatic carbocycles. The predicted molar refractivity (Wildman–Crippen MR) is 59.5 cm³/mol. The van der Waals surface area contributed by atoms with Crippen molar-refractivity contribution in [2.24, 2.45) is 0 Å². The Morgan fingerprint density at radius 3 is 2.80 bits per heavy atom. The van der Waals surface area contributed by atoms with Gasteiger partial charge in [-0.1, -0.05) is 12.1 Å². The summed E-state index contributed by atoms with van der Waals surface area (Å²) in [5.74, 6) is 0.312.